The summed E-state index contributed by atoms with van der Waals surface area (Å²) < 4.78 is 0. The molecule has 0 unspecified atom stereocenters. The standard InChI is InChI=1S/C13H16N6O/c1-9(20)18-4-6-19(7-5-18)13-10-2-3-11(14)17-12(10)15-8-16-13/h2-3,8H,4-7H2,1H3,(H2,14,15,16,17). The van der Waals surface area contributed by atoms with Crippen LogP contribution >= 0.6 is 0 Å². The largest absolute Gasteiger partial charge is 0.384 e. The number of fused-ring (bicyclic) bond motifs is 1. The summed E-state index contributed by atoms with van der Waals surface area (Å²) in [5.74, 6) is 1.42. The molecule has 0 radical (unpaired) electrons. The van der Waals surface area contributed by atoms with E-state index in [1.807, 2.05) is 11.0 Å². The highest BCUT2D eigenvalue weighted by molar-refractivity contribution is 5.87. The first-order chi connectivity index (χ1) is 9.65. The molecule has 1 aliphatic rings. The van der Waals surface area contributed by atoms with E-state index in [-0.39, 0.29) is 5.91 Å². The smallest absolute Gasteiger partial charge is 0.219 e. The number of hydrogen-bond donors (Lipinski definition) is 1. The highest BCUT2D eigenvalue weighted by Gasteiger charge is 2.21. The van der Waals surface area contributed by atoms with Gasteiger partial charge >= 0.3 is 0 Å². The number of rotatable bonds is 1. The summed E-state index contributed by atoms with van der Waals surface area (Å²) >= 11 is 0. The molecule has 0 aliphatic carbocycles. The first-order valence-corrected chi connectivity index (χ1v) is 6.53. The van der Waals surface area contributed by atoms with Gasteiger partial charge < -0.3 is 15.5 Å². The van der Waals surface area contributed by atoms with Gasteiger partial charge in [-0.05, 0) is 12.1 Å². The molecule has 2 aromatic rings. The second kappa shape index (κ2) is 4.92. The Bertz CT molecular complexity index is 650. The summed E-state index contributed by atoms with van der Waals surface area (Å²) in [5, 5.41) is 0.887. The SMILES string of the molecule is CC(=O)N1CCN(c2ncnc3nc(N)ccc23)CC1. The van der Waals surface area contributed by atoms with Crippen LogP contribution in [0.2, 0.25) is 0 Å². The molecule has 0 bridgehead atoms. The number of carbonyl (C=O) groups excluding carboxylic acids is 1. The maximum Gasteiger partial charge on any atom is 0.219 e. The van der Waals surface area contributed by atoms with Crippen molar-refractivity contribution < 1.29 is 4.79 Å². The third-order valence-corrected chi connectivity index (χ3v) is 3.52. The predicted molar refractivity (Wildman–Crippen MR) is 76.2 cm³/mol. The fourth-order valence-corrected chi connectivity index (χ4v) is 2.43. The Balaban J connectivity index is 1.90. The molecule has 2 N–H and O–H groups in total. The molecule has 0 aromatic carbocycles. The van der Waals surface area contributed by atoms with Crippen LogP contribution in [0.1, 0.15) is 6.92 Å². The summed E-state index contributed by atoms with van der Waals surface area (Å²) in [6.07, 6.45) is 1.50. The van der Waals surface area contributed by atoms with Gasteiger partial charge in [-0.1, -0.05) is 0 Å². The molecule has 1 fully saturated rings. The van der Waals surface area contributed by atoms with Crippen LogP contribution < -0.4 is 10.6 Å². The average molecular weight is 272 g/mol. The molecule has 20 heavy (non-hydrogen) atoms. The van der Waals surface area contributed by atoms with Crippen LogP contribution in [-0.2, 0) is 4.79 Å². The van der Waals surface area contributed by atoms with Crippen molar-refractivity contribution in [2.24, 2.45) is 0 Å². The minimum absolute atomic E-state index is 0.117. The van der Waals surface area contributed by atoms with Crippen LogP contribution in [0, 0.1) is 0 Å². The molecule has 0 saturated carbocycles. The van der Waals surface area contributed by atoms with Gasteiger partial charge in [-0.3, -0.25) is 4.79 Å². The lowest BCUT2D eigenvalue weighted by Gasteiger charge is -2.35. The summed E-state index contributed by atoms with van der Waals surface area (Å²) in [6.45, 7) is 4.54. The highest BCUT2D eigenvalue weighted by atomic mass is 16.2. The first kappa shape index (κ1) is 12.6. The monoisotopic (exact) mass is 272 g/mol. The predicted octanol–water partition coefficient (Wildman–Crippen LogP) is 0.275. The van der Waals surface area contributed by atoms with Crippen molar-refractivity contribution in [2.75, 3.05) is 36.8 Å². The number of aromatic nitrogens is 3. The molecular formula is C13H16N6O. The van der Waals surface area contributed by atoms with E-state index in [0.717, 1.165) is 24.3 Å². The van der Waals surface area contributed by atoms with Crippen molar-refractivity contribution in [1.82, 2.24) is 19.9 Å². The minimum atomic E-state index is 0.117. The molecule has 104 valence electrons. The third-order valence-electron chi connectivity index (χ3n) is 3.52. The molecule has 1 aliphatic heterocycles. The molecule has 0 spiro atoms. The fourth-order valence-electron chi connectivity index (χ4n) is 2.43. The average Bonchev–Trinajstić information content (AvgIpc) is 2.46. The number of anilines is 2. The van der Waals surface area contributed by atoms with E-state index in [1.165, 1.54) is 6.33 Å². The Morgan fingerprint density at radius 2 is 1.95 bits per heavy atom. The van der Waals surface area contributed by atoms with Gasteiger partial charge in [-0.2, -0.15) is 0 Å². The van der Waals surface area contributed by atoms with E-state index in [9.17, 15) is 4.79 Å². The summed E-state index contributed by atoms with van der Waals surface area (Å²) in [7, 11) is 0. The number of piperazine rings is 1. The molecule has 1 saturated heterocycles. The number of hydrogen-bond acceptors (Lipinski definition) is 6. The summed E-state index contributed by atoms with van der Waals surface area (Å²) in [5.41, 5.74) is 6.28. The lowest BCUT2D eigenvalue weighted by atomic mass is 10.2. The highest BCUT2D eigenvalue weighted by Crippen LogP contribution is 2.23. The second-order valence-electron chi connectivity index (χ2n) is 4.80. The fraction of sp³-hybridized carbons (Fsp3) is 0.385. The normalized spacial score (nSPS) is 15.7. The van der Waals surface area contributed by atoms with Gasteiger partial charge in [-0.15, -0.1) is 0 Å². The Labute approximate surface area is 116 Å². The maximum absolute atomic E-state index is 11.3. The molecule has 2 aromatic heterocycles. The number of amides is 1. The van der Waals surface area contributed by atoms with Gasteiger partial charge in [0, 0.05) is 33.1 Å². The van der Waals surface area contributed by atoms with E-state index >= 15 is 0 Å². The quantitative estimate of drug-likeness (QED) is 0.802. The molecule has 7 heteroatoms. The van der Waals surface area contributed by atoms with Crippen LogP contribution in [0.3, 0.4) is 0 Å². The van der Waals surface area contributed by atoms with Gasteiger partial charge in [0.2, 0.25) is 5.91 Å². The van der Waals surface area contributed by atoms with E-state index in [0.29, 0.717) is 24.6 Å². The molecule has 0 atom stereocenters. The van der Waals surface area contributed by atoms with Crippen molar-refractivity contribution >= 4 is 28.6 Å². The lowest BCUT2D eigenvalue weighted by Crippen LogP contribution is -2.48. The number of pyridine rings is 1. The maximum atomic E-state index is 11.3. The molecule has 3 rings (SSSR count). The van der Waals surface area contributed by atoms with Crippen LogP contribution in [0.25, 0.3) is 11.0 Å². The zero-order valence-corrected chi connectivity index (χ0v) is 11.3. The van der Waals surface area contributed by atoms with Gasteiger partial charge in [-0.25, -0.2) is 15.0 Å². The lowest BCUT2D eigenvalue weighted by molar-refractivity contribution is -0.129. The van der Waals surface area contributed by atoms with Crippen LogP contribution in [-0.4, -0.2) is 51.9 Å². The Kier molecular flexibility index (Phi) is 3.09. The van der Waals surface area contributed by atoms with Gasteiger partial charge in [0.1, 0.15) is 18.0 Å². The topological polar surface area (TPSA) is 88.2 Å². The number of carbonyl (C=O) groups is 1. The molecule has 1 amide bonds. The zero-order valence-electron chi connectivity index (χ0n) is 11.3. The van der Waals surface area contributed by atoms with Crippen LogP contribution in [0.15, 0.2) is 18.5 Å². The zero-order chi connectivity index (χ0) is 14.1. The third kappa shape index (κ3) is 2.22. The second-order valence-corrected chi connectivity index (χ2v) is 4.80. The summed E-state index contributed by atoms with van der Waals surface area (Å²) in [6, 6.07) is 3.64. The van der Waals surface area contributed by atoms with Crippen LogP contribution in [0.4, 0.5) is 11.6 Å². The van der Waals surface area contributed by atoms with E-state index < -0.39 is 0 Å². The minimum Gasteiger partial charge on any atom is -0.384 e. The molecular weight excluding hydrogens is 256 g/mol. The van der Waals surface area contributed by atoms with Crippen molar-refractivity contribution in [3.05, 3.63) is 18.5 Å². The van der Waals surface area contributed by atoms with Gasteiger partial charge in [0.25, 0.3) is 0 Å². The Morgan fingerprint density at radius 1 is 1.20 bits per heavy atom. The number of nitrogen functional groups attached to an aromatic ring is 1. The van der Waals surface area contributed by atoms with Crippen molar-refractivity contribution in [1.29, 1.82) is 0 Å². The first-order valence-electron chi connectivity index (χ1n) is 6.53. The van der Waals surface area contributed by atoms with Crippen molar-refractivity contribution in [3.8, 4) is 0 Å². The van der Waals surface area contributed by atoms with Gasteiger partial charge in [0.15, 0.2) is 5.65 Å². The summed E-state index contributed by atoms with van der Waals surface area (Å²) in [4.78, 5) is 28.1. The van der Waals surface area contributed by atoms with Crippen molar-refractivity contribution in [2.45, 2.75) is 6.92 Å². The van der Waals surface area contributed by atoms with Crippen LogP contribution in [0.5, 0.6) is 0 Å². The Morgan fingerprint density at radius 3 is 2.65 bits per heavy atom. The number of nitrogens with zero attached hydrogens (tertiary/aromatic N) is 5. The van der Waals surface area contributed by atoms with Crippen molar-refractivity contribution in [3.63, 3.8) is 0 Å². The van der Waals surface area contributed by atoms with E-state index in [2.05, 4.69) is 19.9 Å². The van der Waals surface area contributed by atoms with Gasteiger partial charge in [0.05, 0.1) is 5.39 Å². The molecule has 3 heterocycles. The number of nitrogens with two attached hydrogens (primary N) is 1. The Hall–Kier alpha value is -2.44. The molecule has 7 nitrogen and oxygen atoms in total. The van der Waals surface area contributed by atoms with E-state index in [1.54, 1.807) is 13.0 Å². The van der Waals surface area contributed by atoms with E-state index in [4.69, 9.17) is 5.73 Å².